The Hall–Kier alpha value is -1.30. The van der Waals surface area contributed by atoms with E-state index < -0.39 is 19.6 Å². The lowest BCUT2D eigenvalue weighted by molar-refractivity contribution is 0.238. The summed E-state index contributed by atoms with van der Waals surface area (Å²) in [5.74, 6) is 0. The molecule has 0 saturated carbocycles. The molecule has 0 bridgehead atoms. The number of aromatic amines is 1. The van der Waals surface area contributed by atoms with Gasteiger partial charge in [-0.1, -0.05) is 0 Å². The smallest absolute Gasteiger partial charge is 0.360 e. The number of hydrogen-bond acceptors (Lipinski definition) is 3. The van der Waals surface area contributed by atoms with Crippen LogP contribution in [0.25, 0.3) is 0 Å². The van der Waals surface area contributed by atoms with Crippen molar-refractivity contribution in [1.29, 1.82) is 0 Å². The summed E-state index contributed by atoms with van der Waals surface area (Å²) in [6, 6.07) is 1.25. The van der Waals surface area contributed by atoms with Crippen molar-refractivity contribution in [2.45, 2.75) is 19.6 Å². The molecule has 1 rings (SSSR count). The van der Waals surface area contributed by atoms with Crippen LogP contribution in [0, 0.1) is 0 Å². The molecular weight excluding hydrogens is 188 g/mol. The van der Waals surface area contributed by atoms with Crippen LogP contribution in [0.15, 0.2) is 21.9 Å². The lowest BCUT2D eigenvalue weighted by atomic mass is 10.7. The third-order valence-electron chi connectivity index (χ3n) is 1.18. The van der Waals surface area contributed by atoms with Gasteiger partial charge in [0, 0.05) is 12.3 Å². The molecule has 0 unspecified atom stereocenters. The van der Waals surface area contributed by atoms with Crippen LogP contribution in [0.1, 0.15) is 0 Å². The highest BCUT2D eigenvalue weighted by molar-refractivity contribution is 6.69. The van der Waals surface area contributed by atoms with Crippen LogP contribution in [0.3, 0.4) is 0 Å². The van der Waals surface area contributed by atoms with E-state index in [-0.39, 0.29) is 0 Å². The molecule has 1 N–H and O–H groups in total. The first-order chi connectivity index (χ1) is 5.90. The monoisotopic (exact) mass is 200 g/mol. The first-order valence-electron chi connectivity index (χ1n) is 3.90. The van der Waals surface area contributed by atoms with Gasteiger partial charge in [0.2, 0.25) is 0 Å². The first kappa shape index (κ1) is 9.78. The van der Waals surface area contributed by atoms with E-state index in [2.05, 4.69) is 4.98 Å². The molecule has 0 aromatic carbocycles. The van der Waals surface area contributed by atoms with E-state index in [1.54, 1.807) is 0 Å². The second kappa shape index (κ2) is 3.21. The van der Waals surface area contributed by atoms with E-state index in [0.717, 1.165) is 4.73 Å². The Kier molecular flexibility index (Phi) is 2.42. The van der Waals surface area contributed by atoms with Gasteiger partial charge in [0.15, 0.2) is 0 Å². The Morgan fingerprint density at radius 1 is 1.38 bits per heavy atom. The quantitative estimate of drug-likeness (QED) is 0.672. The maximum atomic E-state index is 11.2. The molecule has 1 aromatic heterocycles. The molecule has 13 heavy (non-hydrogen) atoms. The molecule has 6 heteroatoms. The summed E-state index contributed by atoms with van der Waals surface area (Å²) in [6.07, 6.45) is 1.30. The Balaban J connectivity index is 3.16. The average Bonchev–Trinajstić information content (AvgIpc) is 1.95. The van der Waals surface area contributed by atoms with Crippen LogP contribution < -0.4 is 15.8 Å². The molecule has 0 aliphatic heterocycles. The zero-order chi connectivity index (χ0) is 10.1. The van der Waals surface area contributed by atoms with Crippen LogP contribution in [0.2, 0.25) is 19.6 Å². The summed E-state index contributed by atoms with van der Waals surface area (Å²) in [6.45, 7) is 5.68. The second-order valence-electron chi connectivity index (χ2n) is 3.62. The molecule has 0 atom stereocenters. The van der Waals surface area contributed by atoms with Crippen LogP contribution in [-0.2, 0) is 0 Å². The number of rotatable bonds is 2. The Morgan fingerprint density at radius 3 is 2.46 bits per heavy atom. The highest BCUT2D eigenvalue weighted by Crippen LogP contribution is 1.94. The standard InChI is InChI=1S/C7H12N2O3Si/c1-13(2,3)12-9-6(10)4-5-8-7(9)11/h4-5H,1-3H3,(H,8,11). The Bertz CT molecular complexity index is 373. The predicted molar refractivity (Wildman–Crippen MR) is 51.2 cm³/mol. The summed E-state index contributed by atoms with van der Waals surface area (Å²) in [7, 11) is -1.92. The van der Waals surface area contributed by atoms with Crippen molar-refractivity contribution in [3.63, 3.8) is 0 Å². The van der Waals surface area contributed by atoms with Crippen LogP contribution in [-0.4, -0.2) is 18.0 Å². The molecule has 72 valence electrons. The van der Waals surface area contributed by atoms with E-state index >= 15 is 0 Å². The van der Waals surface area contributed by atoms with E-state index in [9.17, 15) is 9.59 Å². The highest BCUT2D eigenvalue weighted by Gasteiger charge is 2.19. The van der Waals surface area contributed by atoms with Crippen molar-refractivity contribution in [3.05, 3.63) is 33.1 Å². The summed E-state index contributed by atoms with van der Waals surface area (Å²) in [5, 5.41) is 0. The van der Waals surface area contributed by atoms with Crippen LogP contribution in [0.4, 0.5) is 0 Å². The maximum Gasteiger partial charge on any atom is 0.360 e. The van der Waals surface area contributed by atoms with Crippen molar-refractivity contribution in [2.24, 2.45) is 0 Å². The molecule has 0 fully saturated rings. The van der Waals surface area contributed by atoms with Gasteiger partial charge in [-0.3, -0.25) is 4.79 Å². The summed E-state index contributed by atoms with van der Waals surface area (Å²) >= 11 is 0. The third-order valence-corrected chi connectivity index (χ3v) is 1.91. The molecule has 5 nitrogen and oxygen atoms in total. The zero-order valence-corrected chi connectivity index (χ0v) is 8.83. The molecule has 0 amide bonds. The lowest BCUT2D eigenvalue weighted by Crippen LogP contribution is -2.48. The minimum Gasteiger partial charge on any atom is -0.464 e. The summed E-state index contributed by atoms with van der Waals surface area (Å²) < 4.78 is 6.03. The largest absolute Gasteiger partial charge is 0.464 e. The highest BCUT2D eigenvalue weighted by atomic mass is 28.4. The molecular formula is C7H12N2O3Si. The fourth-order valence-corrected chi connectivity index (χ4v) is 1.49. The number of hydrogen-bond donors (Lipinski definition) is 1. The molecule has 1 aromatic rings. The van der Waals surface area contributed by atoms with Gasteiger partial charge in [0.1, 0.15) is 0 Å². The molecule has 0 saturated heterocycles. The minimum atomic E-state index is -1.92. The Morgan fingerprint density at radius 2 is 2.00 bits per heavy atom. The summed E-state index contributed by atoms with van der Waals surface area (Å²) in [4.78, 5) is 24.6. The summed E-state index contributed by atoms with van der Waals surface area (Å²) in [5.41, 5.74) is -0.971. The number of H-pyrrole nitrogens is 1. The number of aromatic nitrogens is 2. The molecule has 0 radical (unpaired) electrons. The van der Waals surface area contributed by atoms with Crippen molar-refractivity contribution in [3.8, 4) is 0 Å². The number of nitrogens with one attached hydrogen (secondary N) is 1. The van der Waals surface area contributed by atoms with Gasteiger partial charge in [-0.05, 0) is 19.6 Å². The normalized spacial score (nSPS) is 11.3. The third kappa shape index (κ3) is 2.58. The van der Waals surface area contributed by atoms with Crippen LogP contribution >= 0.6 is 0 Å². The van der Waals surface area contributed by atoms with Crippen molar-refractivity contribution >= 4 is 8.32 Å². The van der Waals surface area contributed by atoms with E-state index in [0.29, 0.717) is 0 Å². The lowest BCUT2D eigenvalue weighted by Gasteiger charge is -2.17. The van der Waals surface area contributed by atoms with E-state index in [1.807, 2.05) is 19.6 Å². The van der Waals surface area contributed by atoms with E-state index in [4.69, 9.17) is 4.53 Å². The molecule has 0 spiro atoms. The minimum absolute atomic E-state index is 0.439. The predicted octanol–water partition coefficient (Wildman–Crippen LogP) is -0.200. The zero-order valence-electron chi connectivity index (χ0n) is 7.83. The average molecular weight is 200 g/mol. The van der Waals surface area contributed by atoms with Gasteiger partial charge in [-0.2, -0.15) is 0 Å². The molecule has 0 aliphatic rings. The number of nitrogens with zero attached hydrogens (tertiary/aromatic N) is 1. The van der Waals surface area contributed by atoms with Gasteiger partial charge in [-0.15, -0.1) is 4.73 Å². The fourth-order valence-electron chi connectivity index (χ4n) is 0.771. The van der Waals surface area contributed by atoms with Crippen molar-refractivity contribution in [1.82, 2.24) is 9.71 Å². The topological polar surface area (TPSA) is 64.1 Å². The Labute approximate surface area is 76.1 Å². The fraction of sp³-hybridized carbons (Fsp3) is 0.429. The van der Waals surface area contributed by atoms with Crippen molar-refractivity contribution in [2.75, 3.05) is 0 Å². The van der Waals surface area contributed by atoms with E-state index in [1.165, 1.54) is 12.3 Å². The first-order valence-corrected chi connectivity index (χ1v) is 7.31. The van der Waals surface area contributed by atoms with Gasteiger partial charge in [-0.25, -0.2) is 4.79 Å². The van der Waals surface area contributed by atoms with Gasteiger partial charge >= 0.3 is 5.69 Å². The van der Waals surface area contributed by atoms with Gasteiger partial charge in [0.25, 0.3) is 13.9 Å². The van der Waals surface area contributed by atoms with Gasteiger partial charge < -0.3 is 9.51 Å². The van der Waals surface area contributed by atoms with Crippen molar-refractivity contribution < 1.29 is 4.53 Å². The molecule has 0 aliphatic carbocycles. The molecule has 1 heterocycles. The SMILES string of the molecule is C[Si](C)(C)On1c(=O)cc[nH]c1=O. The second-order valence-corrected chi connectivity index (χ2v) is 8.03. The van der Waals surface area contributed by atoms with Gasteiger partial charge in [0.05, 0.1) is 0 Å². The van der Waals surface area contributed by atoms with Crippen LogP contribution in [0.5, 0.6) is 0 Å². The maximum absolute atomic E-state index is 11.2.